The van der Waals surface area contributed by atoms with Crippen LogP contribution in [0.4, 0.5) is 5.69 Å². The van der Waals surface area contributed by atoms with Crippen LogP contribution in [0.3, 0.4) is 0 Å². The van der Waals surface area contributed by atoms with Gasteiger partial charge < -0.3 is 0 Å². The first kappa shape index (κ1) is 11.4. The van der Waals surface area contributed by atoms with Crippen LogP contribution >= 0.6 is 11.6 Å². The number of benzene rings is 1. The molecule has 0 saturated heterocycles. The van der Waals surface area contributed by atoms with Crippen molar-refractivity contribution in [3.8, 4) is 0 Å². The van der Waals surface area contributed by atoms with Crippen molar-refractivity contribution in [3.63, 3.8) is 0 Å². The van der Waals surface area contributed by atoms with Gasteiger partial charge in [0.2, 0.25) is 6.08 Å². The maximum absolute atomic E-state index is 10.5. The molecule has 1 atom stereocenters. The summed E-state index contributed by atoms with van der Waals surface area (Å²) in [6, 6.07) is 3.47. The number of rotatable bonds is 3. The molecule has 0 heterocycles. The Morgan fingerprint density at radius 3 is 2.80 bits per heavy atom. The molecule has 6 heteroatoms. The quantitative estimate of drug-likeness (QED) is 0.344. The number of isocyanates is 1. The number of carbonyl (C=O) groups excluding carboxylic acids is 1. The number of halogens is 1. The Balaban J connectivity index is 3.21. The fraction of sp³-hybridized carbons (Fsp3) is 0.222. The Bertz CT molecular complexity index is 441. The summed E-state index contributed by atoms with van der Waals surface area (Å²) in [5.41, 5.74) is 0.358. The molecule has 0 radical (unpaired) electrons. The molecule has 0 amide bonds. The lowest BCUT2D eigenvalue weighted by molar-refractivity contribution is -0.384. The topological polar surface area (TPSA) is 72.6 Å². The van der Waals surface area contributed by atoms with Crippen LogP contribution in [-0.4, -0.2) is 11.0 Å². The summed E-state index contributed by atoms with van der Waals surface area (Å²) in [5, 5.41) is 10.8. The zero-order valence-corrected chi connectivity index (χ0v) is 8.56. The summed E-state index contributed by atoms with van der Waals surface area (Å²) < 4.78 is 0. The van der Waals surface area contributed by atoms with Gasteiger partial charge >= 0.3 is 0 Å². The maximum atomic E-state index is 10.5. The second-order valence-electron chi connectivity index (χ2n) is 2.86. The van der Waals surface area contributed by atoms with Crippen molar-refractivity contribution in [2.45, 2.75) is 13.0 Å². The van der Waals surface area contributed by atoms with Crippen LogP contribution in [0.2, 0.25) is 5.02 Å². The lowest BCUT2D eigenvalue weighted by Crippen LogP contribution is -1.94. The van der Waals surface area contributed by atoms with Crippen LogP contribution in [0.1, 0.15) is 18.5 Å². The second-order valence-corrected chi connectivity index (χ2v) is 3.27. The highest BCUT2D eigenvalue weighted by molar-refractivity contribution is 6.31. The molecular weight excluding hydrogens is 220 g/mol. The van der Waals surface area contributed by atoms with Gasteiger partial charge in [0.05, 0.1) is 11.0 Å². The lowest BCUT2D eigenvalue weighted by atomic mass is 10.1. The Morgan fingerprint density at radius 2 is 2.27 bits per heavy atom. The van der Waals surface area contributed by atoms with E-state index in [4.69, 9.17) is 11.6 Å². The van der Waals surface area contributed by atoms with Crippen LogP contribution in [0.5, 0.6) is 0 Å². The molecule has 0 bridgehead atoms. The molecule has 5 nitrogen and oxygen atoms in total. The Labute approximate surface area is 90.5 Å². The molecule has 1 aromatic carbocycles. The molecule has 0 saturated carbocycles. The van der Waals surface area contributed by atoms with Gasteiger partial charge in [-0.1, -0.05) is 11.6 Å². The molecule has 1 rings (SSSR count). The van der Waals surface area contributed by atoms with Gasteiger partial charge in [-0.05, 0) is 13.0 Å². The predicted molar refractivity (Wildman–Crippen MR) is 54.6 cm³/mol. The number of non-ortho nitro benzene ring substituents is 1. The van der Waals surface area contributed by atoms with Crippen LogP contribution in [-0.2, 0) is 4.79 Å². The Kier molecular flexibility index (Phi) is 3.55. The summed E-state index contributed by atoms with van der Waals surface area (Å²) >= 11 is 5.82. The monoisotopic (exact) mass is 226 g/mol. The van der Waals surface area contributed by atoms with Crippen LogP contribution in [0.15, 0.2) is 23.2 Å². The van der Waals surface area contributed by atoms with E-state index in [1.165, 1.54) is 24.3 Å². The third-order valence-corrected chi connectivity index (χ3v) is 2.23. The standard InChI is InChI=1S/C9H7ClN2O3/c1-6(11-5-13)8-4-7(12(14)15)2-3-9(8)10/h2-4,6H,1H3. The first-order valence-corrected chi connectivity index (χ1v) is 4.45. The van der Waals surface area contributed by atoms with E-state index < -0.39 is 11.0 Å². The Hall–Kier alpha value is -1.71. The third-order valence-electron chi connectivity index (χ3n) is 1.89. The van der Waals surface area contributed by atoms with Crippen molar-refractivity contribution in [1.29, 1.82) is 0 Å². The highest BCUT2D eigenvalue weighted by atomic mass is 35.5. The number of nitro benzene ring substituents is 1. The van der Waals surface area contributed by atoms with E-state index in [9.17, 15) is 14.9 Å². The maximum Gasteiger partial charge on any atom is 0.269 e. The number of aliphatic imine (C=N–C) groups is 1. The van der Waals surface area contributed by atoms with Gasteiger partial charge in [0.1, 0.15) is 0 Å². The van der Waals surface area contributed by atoms with E-state index in [-0.39, 0.29) is 5.69 Å². The molecule has 0 aliphatic rings. The highest BCUT2D eigenvalue weighted by Gasteiger charge is 2.14. The summed E-state index contributed by atoms with van der Waals surface area (Å²) in [6.45, 7) is 1.61. The number of nitrogens with zero attached hydrogens (tertiary/aromatic N) is 2. The summed E-state index contributed by atoms with van der Waals surface area (Å²) in [6.07, 6.45) is 1.39. The molecule has 15 heavy (non-hydrogen) atoms. The van der Waals surface area contributed by atoms with Crippen LogP contribution in [0.25, 0.3) is 0 Å². The minimum atomic E-state index is -0.533. The molecule has 0 spiro atoms. The van der Waals surface area contributed by atoms with Crippen molar-refractivity contribution in [3.05, 3.63) is 38.9 Å². The molecule has 0 fully saturated rings. The molecule has 0 aliphatic carbocycles. The third kappa shape index (κ3) is 2.62. The number of nitro groups is 1. The van der Waals surface area contributed by atoms with Gasteiger partial charge in [0, 0.05) is 22.7 Å². The number of hydrogen-bond donors (Lipinski definition) is 0. The van der Waals surface area contributed by atoms with Crippen molar-refractivity contribution in [1.82, 2.24) is 0 Å². The zero-order valence-electron chi connectivity index (χ0n) is 7.81. The predicted octanol–water partition coefficient (Wildman–Crippen LogP) is 2.65. The van der Waals surface area contributed by atoms with Crippen molar-refractivity contribution < 1.29 is 9.72 Å². The van der Waals surface area contributed by atoms with Crippen LogP contribution in [0, 0.1) is 10.1 Å². The highest BCUT2D eigenvalue weighted by Crippen LogP contribution is 2.28. The SMILES string of the molecule is CC(N=C=O)c1cc([N+](=O)[O-])ccc1Cl. The lowest BCUT2D eigenvalue weighted by Gasteiger charge is -2.06. The number of hydrogen-bond acceptors (Lipinski definition) is 4. The summed E-state index contributed by atoms with van der Waals surface area (Å²) in [5.74, 6) is 0. The molecule has 78 valence electrons. The molecular formula is C9H7ClN2O3. The van der Waals surface area contributed by atoms with E-state index in [2.05, 4.69) is 4.99 Å². The van der Waals surface area contributed by atoms with Gasteiger partial charge in [-0.25, -0.2) is 4.79 Å². The summed E-state index contributed by atoms with van der Waals surface area (Å²) in [7, 11) is 0. The van der Waals surface area contributed by atoms with Crippen molar-refractivity contribution in [2.24, 2.45) is 4.99 Å². The van der Waals surface area contributed by atoms with Crippen LogP contribution < -0.4 is 0 Å². The minimum Gasteiger partial charge on any atom is -0.258 e. The van der Waals surface area contributed by atoms with Crippen molar-refractivity contribution >= 4 is 23.4 Å². The fourth-order valence-electron chi connectivity index (χ4n) is 1.11. The van der Waals surface area contributed by atoms with Gasteiger partial charge in [-0.2, -0.15) is 4.99 Å². The van der Waals surface area contributed by atoms with Gasteiger partial charge in [-0.3, -0.25) is 10.1 Å². The van der Waals surface area contributed by atoms with Gasteiger partial charge in [0.25, 0.3) is 5.69 Å². The molecule has 0 aliphatic heterocycles. The Morgan fingerprint density at radius 1 is 1.60 bits per heavy atom. The smallest absolute Gasteiger partial charge is 0.258 e. The average molecular weight is 227 g/mol. The van der Waals surface area contributed by atoms with E-state index in [0.717, 1.165) is 0 Å². The summed E-state index contributed by atoms with van der Waals surface area (Å²) in [4.78, 5) is 23.5. The minimum absolute atomic E-state index is 0.0812. The normalized spacial score (nSPS) is 11.6. The van der Waals surface area contributed by atoms with E-state index >= 15 is 0 Å². The fourth-order valence-corrected chi connectivity index (χ4v) is 1.39. The zero-order chi connectivity index (χ0) is 11.4. The van der Waals surface area contributed by atoms with E-state index in [1.54, 1.807) is 6.92 Å². The molecule has 1 unspecified atom stereocenters. The first-order chi connectivity index (χ1) is 7.06. The second kappa shape index (κ2) is 4.68. The van der Waals surface area contributed by atoms with Gasteiger partial charge in [-0.15, -0.1) is 0 Å². The largest absolute Gasteiger partial charge is 0.269 e. The molecule has 0 N–H and O–H groups in total. The van der Waals surface area contributed by atoms with Gasteiger partial charge in [0.15, 0.2) is 0 Å². The van der Waals surface area contributed by atoms with E-state index in [1.807, 2.05) is 0 Å². The van der Waals surface area contributed by atoms with E-state index in [0.29, 0.717) is 10.6 Å². The molecule has 1 aromatic rings. The first-order valence-electron chi connectivity index (χ1n) is 4.07. The molecule has 0 aromatic heterocycles. The average Bonchev–Trinajstić information content (AvgIpc) is 2.18. The van der Waals surface area contributed by atoms with Crippen molar-refractivity contribution in [2.75, 3.05) is 0 Å².